The molecule has 154 valence electrons. The second kappa shape index (κ2) is 8.89. The highest BCUT2D eigenvalue weighted by atomic mass is 16.6. The van der Waals surface area contributed by atoms with Gasteiger partial charge in [0.25, 0.3) is 5.89 Å². The minimum atomic E-state index is -0.591. The maximum atomic E-state index is 11.1. The fraction of sp³-hybridized carbons (Fsp3) is 0.429. The van der Waals surface area contributed by atoms with E-state index in [0.717, 1.165) is 46.7 Å². The second-order valence-electron chi connectivity index (χ2n) is 7.03. The van der Waals surface area contributed by atoms with Gasteiger partial charge in [-0.15, -0.1) is 0 Å². The van der Waals surface area contributed by atoms with Crippen LogP contribution in [0.4, 0.5) is 0 Å². The second-order valence-corrected chi connectivity index (χ2v) is 7.03. The Kier molecular flexibility index (Phi) is 6.31. The third-order valence-corrected chi connectivity index (χ3v) is 4.34. The Hall–Kier alpha value is -3.16. The lowest BCUT2D eigenvalue weighted by Crippen LogP contribution is -2.05. The number of carbonyl (C=O) groups excluding carboxylic acids is 1. The third-order valence-electron chi connectivity index (χ3n) is 4.34. The monoisotopic (exact) mass is 399 g/mol. The normalized spacial score (nSPS) is 12.0. The van der Waals surface area contributed by atoms with Crippen LogP contribution in [-0.2, 0) is 16.0 Å². The van der Waals surface area contributed by atoms with E-state index in [9.17, 15) is 4.79 Å². The van der Waals surface area contributed by atoms with Crippen LogP contribution in [0, 0.1) is 20.8 Å². The summed E-state index contributed by atoms with van der Waals surface area (Å²) in [6, 6.07) is 5.84. The minimum absolute atomic E-state index is 0.258. The summed E-state index contributed by atoms with van der Waals surface area (Å²) in [4.78, 5) is 15.4. The van der Waals surface area contributed by atoms with E-state index in [4.69, 9.17) is 18.5 Å². The minimum Gasteiger partial charge on any atom is -0.493 e. The van der Waals surface area contributed by atoms with Crippen molar-refractivity contribution in [1.82, 2.24) is 15.3 Å². The fourth-order valence-corrected chi connectivity index (χ4v) is 3.08. The van der Waals surface area contributed by atoms with E-state index in [1.807, 2.05) is 39.0 Å². The number of hydrogen-bond donors (Lipinski definition) is 0. The van der Waals surface area contributed by atoms with E-state index in [1.165, 1.54) is 6.92 Å². The highest BCUT2D eigenvalue weighted by Gasteiger charge is 2.19. The Morgan fingerprint density at radius 3 is 2.45 bits per heavy atom. The molecule has 3 aromatic rings. The van der Waals surface area contributed by atoms with Crippen LogP contribution in [0.5, 0.6) is 5.75 Å². The highest BCUT2D eigenvalue weighted by Crippen LogP contribution is 2.30. The van der Waals surface area contributed by atoms with Crippen LogP contribution in [0.15, 0.2) is 27.2 Å². The molecule has 0 aliphatic carbocycles. The quantitative estimate of drug-likeness (QED) is 0.408. The number of benzene rings is 1. The molecule has 0 fully saturated rings. The van der Waals surface area contributed by atoms with Gasteiger partial charge in [-0.1, -0.05) is 10.3 Å². The first kappa shape index (κ1) is 20.6. The fourth-order valence-electron chi connectivity index (χ4n) is 3.08. The van der Waals surface area contributed by atoms with Crippen molar-refractivity contribution in [1.29, 1.82) is 0 Å². The summed E-state index contributed by atoms with van der Waals surface area (Å²) in [5.74, 6) is 2.01. The number of aryl methyl sites for hydroxylation is 4. The molecule has 3 rings (SSSR count). The summed E-state index contributed by atoms with van der Waals surface area (Å²) in [6.07, 6.45) is 1.02. The molecule has 0 radical (unpaired) electrons. The Morgan fingerprint density at radius 2 is 1.83 bits per heavy atom. The van der Waals surface area contributed by atoms with Crippen molar-refractivity contribution in [3.8, 4) is 17.1 Å². The van der Waals surface area contributed by atoms with Gasteiger partial charge in [-0.3, -0.25) is 4.79 Å². The summed E-state index contributed by atoms with van der Waals surface area (Å²) < 4.78 is 21.5. The van der Waals surface area contributed by atoms with Crippen LogP contribution in [0.25, 0.3) is 11.4 Å². The molecular formula is C21H25N3O5. The molecule has 0 saturated carbocycles. The highest BCUT2D eigenvalue weighted by molar-refractivity contribution is 5.66. The molecule has 0 aliphatic rings. The molecule has 2 aromatic heterocycles. The SMILES string of the molecule is CC(=O)OC(C)c1nc(-c2cc(C)c(OCCCc3cc(C)no3)c(C)c2)no1. The molecule has 0 aliphatic heterocycles. The maximum Gasteiger partial charge on any atom is 0.303 e. The molecule has 0 spiro atoms. The predicted octanol–water partition coefficient (Wildman–Crippen LogP) is 4.29. The van der Waals surface area contributed by atoms with Crippen LogP contribution in [0.1, 0.15) is 54.8 Å². The number of ether oxygens (including phenoxy) is 2. The number of esters is 1. The number of carbonyl (C=O) groups is 1. The van der Waals surface area contributed by atoms with Crippen LogP contribution in [0.2, 0.25) is 0 Å². The molecule has 0 amide bonds. The molecular weight excluding hydrogens is 374 g/mol. The number of nitrogens with zero attached hydrogens (tertiary/aromatic N) is 3. The maximum absolute atomic E-state index is 11.1. The molecule has 8 nitrogen and oxygen atoms in total. The summed E-state index contributed by atoms with van der Waals surface area (Å²) in [6.45, 7) is 9.47. The van der Waals surface area contributed by atoms with E-state index in [1.54, 1.807) is 6.92 Å². The van der Waals surface area contributed by atoms with Gasteiger partial charge >= 0.3 is 5.97 Å². The first-order valence-electron chi connectivity index (χ1n) is 9.51. The Bertz CT molecular complexity index is 969. The lowest BCUT2D eigenvalue weighted by atomic mass is 10.1. The van der Waals surface area contributed by atoms with Gasteiger partial charge in [0, 0.05) is 25.0 Å². The summed E-state index contributed by atoms with van der Waals surface area (Å²) in [5, 5.41) is 7.89. The van der Waals surface area contributed by atoms with Gasteiger partial charge in [-0.25, -0.2) is 0 Å². The summed E-state index contributed by atoms with van der Waals surface area (Å²) in [7, 11) is 0. The summed E-state index contributed by atoms with van der Waals surface area (Å²) >= 11 is 0. The van der Waals surface area contributed by atoms with Gasteiger partial charge in [0.2, 0.25) is 5.82 Å². The van der Waals surface area contributed by atoms with Crippen molar-refractivity contribution in [3.63, 3.8) is 0 Å². The van der Waals surface area contributed by atoms with Crippen molar-refractivity contribution in [3.05, 3.63) is 46.7 Å². The standard InChI is InChI=1S/C21H25N3O5/c1-12-9-17(20-22-21(29-24-20)15(4)27-16(5)25)10-13(2)19(12)26-8-6-7-18-11-14(3)23-28-18/h9-11,15H,6-8H2,1-5H3. The lowest BCUT2D eigenvalue weighted by molar-refractivity contribution is -0.147. The molecule has 1 atom stereocenters. The van der Waals surface area contributed by atoms with Gasteiger partial charge in [0.05, 0.1) is 12.3 Å². The average molecular weight is 399 g/mol. The topological polar surface area (TPSA) is 100 Å². The molecule has 29 heavy (non-hydrogen) atoms. The van der Waals surface area contributed by atoms with Crippen molar-refractivity contribution < 1.29 is 23.3 Å². The van der Waals surface area contributed by atoms with Gasteiger partial charge in [-0.05, 0) is 57.4 Å². The first-order chi connectivity index (χ1) is 13.8. The zero-order valence-corrected chi connectivity index (χ0v) is 17.3. The van der Waals surface area contributed by atoms with E-state index in [0.29, 0.717) is 12.4 Å². The Morgan fingerprint density at radius 1 is 1.10 bits per heavy atom. The van der Waals surface area contributed by atoms with E-state index in [2.05, 4.69) is 15.3 Å². The van der Waals surface area contributed by atoms with Crippen LogP contribution < -0.4 is 4.74 Å². The zero-order valence-electron chi connectivity index (χ0n) is 17.3. The smallest absolute Gasteiger partial charge is 0.303 e. The largest absolute Gasteiger partial charge is 0.493 e. The Labute approximate surface area is 169 Å². The van der Waals surface area contributed by atoms with Crippen molar-refractivity contribution in [2.24, 2.45) is 0 Å². The number of hydrogen-bond acceptors (Lipinski definition) is 8. The first-order valence-corrected chi connectivity index (χ1v) is 9.51. The van der Waals surface area contributed by atoms with Gasteiger partial charge in [0.1, 0.15) is 11.5 Å². The molecule has 0 bridgehead atoms. The molecule has 2 heterocycles. The number of rotatable bonds is 8. The molecule has 1 aromatic carbocycles. The van der Waals surface area contributed by atoms with Crippen molar-refractivity contribution in [2.45, 2.75) is 53.6 Å². The average Bonchev–Trinajstić information content (AvgIpc) is 3.29. The van der Waals surface area contributed by atoms with Crippen LogP contribution in [0.3, 0.4) is 0 Å². The van der Waals surface area contributed by atoms with E-state index < -0.39 is 12.1 Å². The van der Waals surface area contributed by atoms with Crippen molar-refractivity contribution in [2.75, 3.05) is 6.61 Å². The van der Waals surface area contributed by atoms with E-state index in [-0.39, 0.29) is 5.89 Å². The van der Waals surface area contributed by atoms with Crippen molar-refractivity contribution >= 4 is 5.97 Å². The Balaban J connectivity index is 1.64. The zero-order chi connectivity index (χ0) is 21.0. The van der Waals surface area contributed by atoms with Gasteiger partial charge in [-0.2, -0.15) is 4.98 Å². The van der Waals surface area contributed by atoms with Gasteiger partial charge < -0.3 is 18.5 Å². The van der Waals surface area contributed by atoms with Crippen LogP contribution >= 0.6 is 0 Å². The molecule has 1 unspecified atom stereocenters. The third kappa shape index (κ3) is 5.22. The van der Waals surface area contributed by atoms with Gasteiger partial charge in [0.15, 0.2) is 6.10 Å². The van der Waals surface area contributed by atoms with Crippen LogP contribution in [-0.4, -0.2) is 27.9 Å². The van der Waals surface area contributed by atoms with E-state index >= 15 is 0 Å². The lowest BCUT2D eigenvalue weighted by Gasteiger charge is -2.13. The molecule has 0 saturated heterocycles. The summed E-state index contributed by atoms with van der Waals surface area (Å²) in [5.41, 5.74) is 3.66. The molecule has 0 N–H and O–H groups in total. The number of aromatic nitrogens is 3. The molecule has 8 heteroatoms. The predicted molar refractivity (Wildman–Crippen MR) is 104 cm³/mol.